The highest BCUT2D eigenvalue weighted by Gasteiger charge is 2.04. The number of carboxylic acids is 1. The molecular formula is C13H15N3O4S. The molecule has 0 amide bonds. The van der Waals surface area contributed by atoms with Crippen LogP contribution in [0.1, 0.15) is 5.56 Å². The van der Waals surface area contributed by atoms with Gasteiger partial charge < -0.3 is 9.84 Å². The van der Waals surface area contributed by atoms with Crippen molar-refractivity contribution in [1.29, 1.82) is 0 Å². The van der Waals surface area contributed by atoms with E-state index in [1.54, 1.807) is 31.3 Å². The molecule has 2 aromatic rings. The Bertz CT molecular complexity index is 663. The number of rotatable bonds is 7. The number of ether oxygens (including phenoxy) is 1. The summed E-state index contributed by atoms with van der Waals surface area (Å²) >= 11 is 1.42. The molecule has 0 saturated heterocycles. The molecule has 0 atom stereocenters. The van der Waals surface area contributed by atoms with Gasteiger partial charge in [-0.2, -0.15) is 0 Å². The molecule has 1 heterocycles. The quantitative estimate of drug-likeness (QED) is 0.583. The van der Waals surface area contributed by atoms with E-state index >= 15 is 0 Å². The van der Waals surface area contributed by atoms with E-state index < -0.39 is 5.97 Å². The zero-order chi connectivity index (χ0) is 15.2. The Morgan fingerprint density at radius 1 is 1.43 bits per heavy atom. The second kappa shape index (κ2) is 6.98. The molecule has 0 aliphatic heterocycles. The zero-order valence-electron chi connectivity index (χ0n) is 11.4. The van der Waals surface area contributed by atoms with E-state index in [2.05, 4.69) is 10.2 Å². The fourth-order valence-corrected chi connectivity index (χ4v) is 2.37. The van der Waals surface area contributed by atoms with Crippen molar-refractivity contribution in [2.24, 2.45) is 7.05 Å². The Balaban J connectivity index is 1.77. The van der Waals surface area contributed by atoms with Crippen LogP contribution >= 0.6 is 11.8 Å². The number of carboxylic acid groups (broad SMARTS) is 1. The molecule has 8 heteroatoms. The van der Waals surface area contributed by atoms with Gasteiger partial charge in [0.1, 0.15) is 5.75 Å². The number of carbonyl (C=O) groups is 1. The molecular weight excluding hydrogens is 294 g/mol. The van der Waals surface area contributed by atoms with E-state index in [-0.39, 0.29) is 12.1 Å². The van der Waals surface area contributed by atoms with Crippen molar-refractivity contribution in [3.8, 4) is 5.75 Å². The Hall–Kier alpha value is -2.22. The number of benzene rings is 1. The van der Waals surface area contributed by atoms with Gasteiger partial charge in [-0.3, -0.25) is 9.36 Å². The van der Waals surface area contributed by atoms with Gasteiger partial charge in [0.05, 0.1) is 13.0 Å². The average Bonchev–Trinajstić information content (AvgIpc) is 2.76. The number of aliphatic carboxylic acids is 1. The second-order valence-electron chi connectivity index (χ2n) is 4.28. The number of hydrogen-bond acceptors (Lipinski definition) is 5. The van der Waals surface area contributed by atoms with Crippen LogP contribution in [0, 0.1) is 0 Å². The highest BCUT2D eigenvalue weighted by Crippen LogP contribution is 2.15. The van der Waals surface area contributed by atoms with Crippen molar-refractivity contribution < 1.29 is 14.6 Å². The largest absolute Gasteiger partial charge is 0.493 e. The maximum atomic E-state index is 11.2. The topological polar surface area (TPSA) is 97.2 Å². The predicted molar refractivity (Wildman–Crippen MR) is 77.8 cm³/mol. The zero-order valence-corrected chi connectivity index (χ0v) is 12.2. The first-order valence-corrected chi connectivity index (χ1v) is 7.22. The van der Waals surface area contributed by atoms with Gasteiger partial charge in [-0.15, -0.1) is 5.10 Å². The summed E-state index contributed by atoms with van der Waals surface area (Å²) in [5, 5.41) is 15.5. The van der Waals surface area contributed by atoms with Crippen molar-refractivity contribution in [2.45, 2.75) is 11.6 Å². The highest BCUT2D eigenvalue weighted by atomic mass is 32.2. The third-order valence-electron chi connectivity index (χ3n) is 2.70. The summed E-state index contributed by atoms with van der Waals surface area (Å²) in [5.74, 6) is 0.472. The van der Waals surface area contributed by atoms with E-state index in [0.717, 1.165) is 5.56 Å². The summed E-state index contributed by atoms with van der Waals surface area (Å²) in [6.07, 6.45) is 0.00329. The molecule has 0 fully saturated rings. The van der Waals surface area contributed by atoms with Gasteiger partial charge in [0.15, 0.2) is 5.16 Å². The number of aromatic amines is 1. The lowest BCUT2D eigenvalue weighted by molar-refractivity contribution is -0.136. The van der Waals surface area contributed by atoms with Crippen LogP contribution in [-0.2, 0) is 18.3 Å². The number of hydrogen-bond donors (Lipinski definition) is 2. The molecule has 0 bridgehead atoms. The first-order valence-electron chi connectivity index (χ1n) is 6.24. The van der Waals surface area contributed by atoms with Crippen molar-refractivity contribution in [1.82, 2.24) is 14.8 Å². The number of nitrogens with zero attached hydrogens (tertiary/aromatic N) is 2. The number of nitrogens with one attached hydrogen (secondary N) is 1. The van der Waals surface area contributed by atoms with Crippen LogP contribution in [0.5, 0.6) is 5.75 Å². The molecule has 112 valence electrons. The van der Waals surface area contributed by atoms with Gasteiger partial charge in [0.25, 0.3) is 0 Å². The normalized spacial score (nSPS) is 10.5. The molecule has 0 aliphatic carbocycles. The van der Waals surface area contributed by atoms with Crippen LogP contribution < -0.4 is 10.4 Å². The first-order chi connectivity index (χ1) is 10.1. The molecule has 21 heavy (non-hydrogen) atoms. The minimum atomic E-state index is -0.857. The lowest BCUT2D eigenvalue weighted by Crippen LogP contribution is -2.13. The van der Waals surface area contributed by atoms with Crippen molar-refractivity contribution >= 4 is 17.7 Å². The van der Waals surface area contributed by atoms with E-state index in [0.29, 0.717) is 23.3 Å². The second-order valence-corrected chi connectivity index (χ2v) is 5.34. The van der Waals surface area contributed by atoms with E-state index in [1.807, 2.05) is 0 Å². The molecule has 0 unspecified atom stereocenters. The van der Waals surface area contributed by atoms with Gasteiger partial charge in [0, 0.05) is 12.8 Å². The number of H-pyrrole nitrogens is 1. The molecule has 2 N–H and O–H groups in total. The van der Waals surface area contributed by atoms with Gasteiger partial charge in [-0.25, -0.2) is 9.89 Å². The van der Waals surface area contributed by atoms with Gasteiger partial charge in [0.2, 0.25) is 0 Å². The summed E-state index contributed by atoms with van der Waals surface area (Å²) < 4.78 is 6.98. The van der Waals surface area contributed by atoms with Crippen LogP contribution in [0.3, 0.4) is 0 Å². The fourth-order valence-electron chi connectivity index (χ4n) is 1.63. The minimum absolute atomic E-state index is 0.00329. The molecule has 0 radical (unpaired) electrons. The lowest BCUT2D eigenvalue weighted by Gasteiger charge is -2.06. The SMILES string of the molecule is Cn1c(SCCOc2ccc(CC(=O)O)cc2)n[nH]c1=O. The van der Waals surface area contributed by atoms with E-state index in [4.69, 9.17) is 9.84 Å². The summed E-state index contributed by atoms with van der Waals surface area (Å²) in [6.45, 7) is 0.462. The Labute approximate surface area is 124 Å². The van der Waals surface area contributed by atoms with Crippen LogP contribution in [0.25, 0.3) is 0 Å². The van der Waals surface area contributed by atoms with E-state index in [1.165, 1.54) is 16.3 Å². The molecule has 1 aromatic carbocycles. The first kappa shape index (κ1) is 15.2. The Kier molecular flexibility index (Phi) is 5.04. The molecule has 1 aromatic heterocycles. The summed E-state index contributed by atoms with van der Waals surface area (Å²) in [6, 6.07) is 6.95. The third kappa shape index (κ3) is 4.38. The highest BCUT2D eigenvalue weighted by molar-refractivity contribution is 7.99. The van der Waals surface area contributed by atoms with Gasteiger partial charge in [-0.1, -0.05) is 23.9 Å². The van der Waals surface area contributed by atoms with Gasteiger partial charge in [-0.05, 0) is 17.7 Å². The standard InChI is InChI=1S/C13H15N3O4S/c1-16-12(19)14-15-13(16)21-7-6-20-10-4-2-9(3-5-10)8-11(17)18/h2-5H,6-8H2,1H3,(H,14,19)(H,17,18). The van der Waals surface area contributed by atoms with Crippen LogP contribution in [0.2, 0.25) is 0 Å². The molecule has 0 spiro atoms. The lowest BCUT2D eigenvalue weighted by atomic mass is 10.1. The van der Waals surface area contributed by atoms with Crippen LogP contribution in [0.15, 0.2) is 34.2 Å². The average molecular weight is 309 g/mol. The number of thioether (sulfide) groups is 1. The minimum Gasteiger partial charge on any atom is -0.493 e. The maximum Gasteiger partial charge on any atom is 0.343 e. The van der Waals surface area contributed by atoms with Crippen LogP contribution in [0.4, 0.5) is 0 Å². The van der Waals surface area contributed by atoms with Crippen molar-refractivity contribution in [2.75, 3.05) is 12.4 Å². The van der Waals surface area contributed by atoms with Gasteiger partial charge >= 0.3 is 11.7 Å². The molecule has 0 saturated carbocycles. The van der Waals surface area contributed by atoms with Crippen molar-refractivity contribution in [3.05, 3.63) is 40.3 Å². The third-order valence-corrected chi connectivity index (χ3v) is 3.69. The molecule has 7 nitrogen and oxygen atoms in total. The summed E-state index contributed by atoms with van der Waals surface area (Å²) in [4.78, 5) is 21.7. The summed E-state index contributed by atoms with van der Waals surface area (Å²) in [7, 11) is 1.65. The number of aromatic nitrogens is 3. The molecule has 2 rings (SSSR count). The van der Waals surface area contributed by atoms with E-state index in [9.17, 15) is 9.59 Å². The maximum absolute atomic E-state index is 11.2. The smallest absolute Gasteiger partial charge is 0.343 e. The molecule has 0 aliphatic rings. The fraction of sp³-hybridized carbons (Fsp3) is 0.308. The summed E-state index contributed by atoms with van der Waals surface area (Å²) in [5.41, 5.74) is 0.489. The van der Waals surface area contributed by atoms with Crippen molar-refractivity contribution in [3.63, 3.8) is 0 Å². The Morgan fingerprint density at radius 2 is 2.14 bits per heavy atom. The Morgan fingerprint density at radius 3 is 2.71 bits per heavy atom. The monoisotopic (exact) mass is 309 g/mol. The van der Waals surface area contributed by atoms with Crippen LogP contribution in [-0.4, -0.2) is 38.2 Å². The predicted octanol–water partition coefficient (Wildman–Crippen LogP) is 0.907.